The zero-order chi connectivity index (χ0) is 14.8. The Hall–Kier alpha value is -1.45. The Morgan fingerprint density at radius 2 is 1.81 bits per heavy atom. The SMILES string of the molecule is Cl.N#Cc1ccc(O[C@H]2CC[C@H](N)CC2)cc1C(F)(F)F. The molecule has 0 spiro atoms. The zero-order valence-corrected chi connectivity index (χ0v) is 12.0. The van der Waals surface area contributed by atoms with Crippen molar-refractivity contribution in [2.45, 2.75) is 44.0 Å². The van der Waals surface area contributed by atoms with Crippen LogP contribution in [0.15, 0.2) is 18.2 Å². The van der Waals surface area contributed by atoms with Gasteiger partial charge in [0.05, 0.1) is 23.3 Å². The Kier molecular flexibility index (Phi) is 5.87. The van der Waals surface area contributed by atoms with Gasteiger partial charge in [-0.2, -0.15) is 18.4 Å². The van der Waals surface area contributed by atoms with Gasteiger partial charge in [0.15, 0.2) is 0 Å². The number of alkyl halides is 3. The second-order valence-corrected chi connectivity index (χ2v) is 4.97. The summed E-state index contributed by atoms with van der Waals surface area (Å²) in [6, 6.07) is 5.15. The first-order valence-corrected chi connectivity index (χ1v) is 6.43. The Morgan fingerprint density at radius 3 is 2.33 bits per heavy atom. The monoisotopic (exact) mass is 320 g/mol. The van der Waals surface area contributed by atoms with Gasteiger partial charge in [-0.3, -0.25) is 0 Å². The van der Waals surface area contributed by atoms with Crippen molar-refractivity contribution in [2.75, 3.05) is 0 Å². The molecule has 3 nitrogen and oxygen atoms in total. The first-order valence-electron chi connectivity index (χ1n) is 6.43. The van der Waals surface area contributed by atoms with Gasteiger partial charge in [-0.05, 0) is 43.9 Å². The van der Waals surface area contributed by atoms with Gasteiger partial charge in [0.2, 0.25) is 0 Å². The van der Waals surface area contributed by atoms with E-state index in [0.717, 1.165) is 37.8 Å². The summed E-state index contributed by atoms with van der Waals surface area (Å²) >= 11 is 0. The molecule has 0 bridgehead atoms. The van der Waals surface area contributed by atoms with Gasteiger partial charge in [0, 0.05) is 6.04 Å². The Morgan fingerprint density at radius 1 is 1.19 bits per heavy atom. The maximum atomic E-state index is 12.8. The van der Waals surface area contributed by atoms with Gasteiger partial charge < -0.3 is 10.5 Å². The molecule has 0 amide bonds. The summed E-state index contributed by atoms with van der Waals surface area (Å²) in [5, 5.41) is 8.72. The molecule has 1 aliphatic rings. The van der Waals surface area contributed by atoms with Crippen LogP contribution >= 0.6 is 12.4 Å². The van der Waals surface area contributed by atoms with E-state index in [1.54, 1.807) is 6.07 Å². The molecule has 0 heterocycles. The molecule has 116 valence electrons. The molecule has 21 heavy (non-hydrogen) atoms. The van der Waals surface area contributed by atoms with E-state index < -0.39 is 17.3 Å². The number of nitrogens with zero attached hydrogens (tertiary/aromatic N) is 1. The fourth-order valence-corrected chi connectivity index (χ4v) is 2.33. The van der Waals surface area contributed by atoms with Crippen LogP contribution in [-0.2, 0) is 6.18 Å². The van der Waals surface area contributed by atoms with Crippen molar-refractivity contribution in [3.63, 3.8) is 0 Å². The molecule has 0 aliphatic heterocycles. The minimum absolute atomic E-state index is 0. The smallest absolute Gasteiger partial charge is 0.417 e. The fraction of sp³-hybridized carbons (Fsp3) is 0.500. The summed E-state index contributed by atoms with van der Waals surface area (Å²) in [7, 11) is 0. The molecule has 0 aromatic heterocycles. The van der Waals surface area contributed by atoms with E-state index in [1.807, 2.05) is 0 Å². The van der Waals surface area contributed by atoms with Crippen LogP contribution in [0.2, 0.25) is 0 Å². The Balaban J connectivity index is 0.00000220. The van der Waals surface area contributed by atoms with Crippen molar-refractivity contribution in [3.05, 3.63) is 29.3 Å². The highest BCUT2D eigenvalue weighted by molar-refractivity contribution is 5.85. The summed E-state index contributed by atoms with van der Waals surface area (Å²) in [4.78, 5) is 0. The number of benzene rings is 1. The van der Waals surface area contributed by atoms with Gasteiger partial charge in [0.1, 0.15) is 5.75 Å². The van der Waals surface area contributed by atoms with Crippen LogP contribution in [0, 0.1) is 11.3 Å². The summed E-state index contributed by atoms with van der Waals surface area (Å²) < 4.78 is 44.0. The van der Waals surface area contributed by atoms with Gasteiger partial charge >= 0.3 is 6.18 Å². The lowest BCUT2D eigenvalue weighted by Crippen LogP contribution is -2.31. The molecule has 1 fully saturated rings. The van der Waals surface area contributed by atoms with Crippen LogP contribution in [0.5, 0.6) is 5.75 Å². The van der Waals surface area contributed by atoms with Crippen molar-refractivity contribution in [1.29, 1.82) is 5.26 Å². The number of rotatable bonds is 2. The third-order valence-electron chi connectivity index (χ3n) is 3.44. The van der Waals surface area contributed by atoms with Gasteiger partial charge in [-0.15, -0.1) is 12.4 Å². The highest BCUT2D eigenvalue weighted by atomic mass is 35.5. The van der Waals surface area contributed by atoms with E-state index in [-0.39, 0.29) is 30.3 Å². The molecule has 1 aromatic carbocycles. The average molecular weight is 321 g/mol. The normalized spacial score (nSPS) is 22.0. The maximum absolute atomic E-state index is 12.8. The van der Waals surface area contributed by atoms with E-state index >= 15 is 0 Å². The molecule has 0 unspecified atom stereocenters. The molecular formula is C14H16ClF3N2O. The standard InChI is InChI=1S/C14H15F3N2O.ClH/c15-14(16,17)13-7-12(4-1-9(13)8-18)20-11-5-2-10(19)3-6-11;/h1,4,7,10-11H,2-3,5-6,19H2;1H/t10-,11-;. The molecule has 1 aromatic rings. The number of nitrogens with two attached hydrogens (primary N) is 1. The average Bonchev–Trinajstić information content (AvgIpc) is 2.40. The molecule has 1 saturated carbocycles. The van der Waals surface area contributed by atoms with Gasteiger partial charge in [-0.1, -0.05) is 0 Å². The number of halogens is 4. The first kappa shape index (κ1) is 17.6. The van der Waals surface area contributed by atoms with E-state index in [4.69, 9.17) is 15.7 Å². The quantitative estimate of drug-likeness (QED) is 0.905. The van der Waals surface area contributed by atoms with Crippen molar-refractivity contribution in [1.82, 2.24) is 0 Å². The summed E-state index contributed by atoms with van der Waals surface area (Å²) in [6.45, 7) is 0. The van der Waals surface area contributed by atoms with Crippen molar-refractivity contribution < 1.29 is 17.9 Å². The molecule has 1 aliphatic carbocycles. The first-order chi connectivity index (χ1) is 9.40. The second kappa shape index (κ2) is 7.01. The minimum Gasteiger partial charge on any atom is -0.490 e. The van der Waals surface area contributed by atoms with Crippen LogP contribution in [0.25, 0.3) is 0 Å². The topological polar surface area (TPSA) is 59.0 Å². The molecule has 0 saturated heterocycles. The maximum Gasteiger partial charge on any atom is 0.417 e. The highest BCUT2D eigenvalue weighted by Crippen LogP contribution is 2.35. The predicted molar refractivity (Wildman–Crippen MR) is 74.3 cm³/mol. The fourth-order valence-electron chi connectivity index (χ4n) is 2.33. The van der Waals surface area contributed by atoms with E-state index in [9.17, 15) is 13.2 Å². The number of nitriles is 1. The van der Waals surface area contributed by atoms with E-state index in [2.05, 4.69) is 0 Å². The number of ether oxygens (including phenoxy) is 1. The highest BCUT2D eigenvalue weighted by Gasteiger charge is 2.34. The van der Waals surface area contributed by atoms with Crippen LogP contribution < -0.4 is 10.5 Å². The van der Waals surface area contributed by atoms with Crippen molar-refractivity contribution >= 4 is 12.4 Å². The molecule has 2 N–H and O–H groups in total. The van der Waals surface area contributed by atoms with Crippen LogP contribution in [0.1, 0.15) is 36.8 Å². The molecule has 0 atom stereocenters. The van der Waals surface area contributed by atoms with Crippen LogP contribution in [-0.4, -0.2) is 12.1 Å². The Labute approximate surface area is 127 Å². The summed E-state index contributed by atoms with van der Waals surface area (Å²) in [5.41, 5.74) is 4.42. The Bertz CT molecular complexity index is 520. The molecule has 2 rings (SSSR count). The minimum atomic E-state index is -4.56. The van der Waals surface area contributed by atoms with E-state index in [1.165, 1.54) is 6.07 Å². The predicted octanol–water partition coefficient (Wildman–Crippen LogP) is 3.65. The van der Waals surface area contributed by atoms with E-state index in [0.29, 0.717) is 0 Å². The lowest BCUT2D eigenvalue weighted by atomic mass is 9.93. The molecular weight excluding hydrogens is 305 g/mol. The van der Waals surface area contributed by atoms with Gasteiger partial charge in [-0.25, -0.2) is 0 Å². The summed E-state index contributed by atoms with van der Waals surface area (Å²) in [6.07, 6.45) is -1.56. The van der Waals surface area contributed by atoms with Gasteiger partial charge in [0.25, 0.3) is 0 Å². The largest absolute Gasteiger partial charge is 0.490 e. The number of hydrogen-bond donors (Lipinski definition) is 1. The lowest BCUT2D eigenvalue weighted by Gasteiger charge is -2.27. The lowest BCUT2D eigenvalue weighted by molar-refractivity contribution is -0.137. The van der Waals surface area contributed by atoms with Crippen LogP contribution in [0.4, 0.5) is 13.2 Å². The molecule has 7 heteroatoms. The van der Waals surface area contributed by atoms with Crippen LogP contribution in [0.3, 0.4) is 0 Å². The third-order valence-corrected chi connectivity index (χ3v) is 3.44. The second-order valence-electron chi connectivity index (χ2n) is 4.97. The summed E-state index contributed by atoms with van der Waals surface area (Å²) in [5.74, 6) is 0.150. The van der Waals surface area contributed by atoms with Crippen molar-refractivity contribution in [2.24, 2.45) is 5.73 Å². The zero-order valence-electron chi connectivity index (χ0n) is 11.2. The number of hydrogen-bond acceptors (Lipinski definition) is 3. The third kappa shape index (κ3) is 4.51. The molecule has 0 radical (unpaired) electrons. The van der Waals surface area contributed by atoms with Crippen molar-refractivity contribution in [3.8, 4) is 11.8 Å².